The molecule has 1 atom stereocenters. The molecular weight excluding hydrogens is 282 g/mol. The van der Waals surface area contributed by atoms with E-state index in [9.17, 15) is 14.4 Å². The number of nitrogens with one attached hydrogen (secondary N) is 1. The number of carbonyl (C=O) groups is 2. The number of amides is 1. The highest BCUT2D eigenvalue weighted by molar-refractivity contribution is 7.99. The van der Waals surface area contributed by atoms with Crippen molar-refractivity contribution >= 4 is 23.6 Å². The number of aromatic nitrogens is 2. The van der Waals surface area contributed by atoms with Gasteiger partial charge in [-0.2, -0.15) is 0 Å². The average molecular weight is 295 g/mol. The molecule has 1 aliphatic heterocycles. The predicted molar refractivity (Wildman–Crippen MR) is 70.8 cm³/mol. The second-order valence-electron chi connectivity index (χ2n) is 4.89. The number of fused-ring (bicyclic) bond motifs is 1. The number of thioether (sulfide) groups is 1. The molecule has 2 heterocycles. The number of hydrogen-bond donors (Lipinski definition) is 2. The molecule has 8 heteroatoms. The number of carboxylic acid groups (broad SMARTS) is 1. The maximum atomic E-state index is 12.1. The summed E-state index contributed by atoms with van der Waals surface area (Å²) in [5, 5.41) is 12.1. The van der Waals surface area contributed by atoms with E-state index >= 15 is 0 Å². The molecule has 1 unspecified atom stereocenters. The molecule has 0 aromatic carbocycles. The summed E-state index contributed by atoms with van der Waals surface area (Å²) in [6, 6.07) is -0.922. The fourth-order valence-corrected chi connectivity index (χ4v) is 3.12. The Morgan fingerprint density at radius 2 is 2.25 bits per heavy atom. The van der Waals surface area contributed by atoms with Crippen molar-refractivity contribution in [2.75, 3.05) is 5.75 Å². The average Bonchev–Trinajstić information content (AvgIpc) is 3.12. The minimum absolute atomic E-state index is 0.0304. The molecule has 1 fully saturated rings. The second kappa shape index (κ2) is 4.93. The molecule has 1 aromatic heterocycles. The molecule has 7 nitrogen and oxygen atoms in total. The summed E-state index contributed by atoms with van der Waals surface area (Å²) in [4.78, 5) is 39.4. The van der Waals surface area contributed by atoms with Crippen LogP contribution in [-0.2, 0) is 11.3 Å². The molecule has 1 amide bonds. The van der Waals surface area contributed by atoms with Crippen LogP contribution in [0.3, 0.4) is 0 Å². The van der Waals surface area contributed by atoms with Gasteiger partial charge in [0.2, 0.25) is 0 Å². The van der Waals surface area contributed by atoms with E-state index < -0.39 is 23.5 Å². The lowest BCUT2D eigenvalue weighted by molar-refractivity contribution is -0.139. The molecule has 0 bridgehead atoms. The third-order valence-electron chi connectivity index (χ3n) is 3.45. The molecule has 1 aliphatic carbocycles. The lowest BCUT2D eigenvalue weighted by atomic mass is 10.1. The van der Waals surface area contributed by atoms with Gasteiger partial charge < -0.3 is 10.4 Å². The molecule has 3 rings (SSSR count). The van der Waals surface area contributed by atoms with Crippen LogP contribution >= 0.6 is 11.8 Å². The van der Waals surface area contributed by atoms with Crippen LogP contribution < -0.4 is 10.9 Å². The Hall–Kier alpha value is -1.83. The molecule has 1 saturated carbocycles. The fraction of sp³-hybridized carbons (Fsp3) is 0.500. The van der Waals surface area contributed by atoms with E-state index in [4.69, 9.17) is 5.11 Å². The molecule has 2 N–H and O–H groups in total. The van der Waals surface area contributed by atoms with Crippen LogP contribution in [0.15, 0.2) is 16.1 Å². The molecule has 0 spiro atoms. The summed E-state index contributed by atoms with van der Waals surface area (Å²) < 4.78 is 1.45. The fourth-order valence-electron chi connectivity index (χ4n) is 2.20. The van der Waals surface area contributed by atoms with Crippen LogP contribution in [0.4, 0.5) is 0 Å². The lowest BCUT2D eigenvalue weighted by Gasteiger charge is -2.13. The van der Waals surface area contributed by atoms with E-state index in [1.165, 1.54) is 22.5 Å². The minimum Gasteiger partial charge on any atom is -0.480 e. The van der Waals surface area contributed by atoms with Crippen LogP contribution in [0, 0.1) is 5.92 Å². The topological polar surface area (TPSA) is 101 Å². The third kappa shape index (κ3) is 2.31. The van der Waals surface area contributed by atoms with Crippen LogP contribution in [0.1, 0.15) is 23.2 Å². The first kappa shape index (κ1) is 13.2. The van der Waals surface area contributed by atoms with Gasteiger partial charge in [-0.1, -0.05) is 11.8 Å². The Kier molecular flexibility index (Phi) is 3.25. The van der Waals surface area contributed by atoms with Crippen molar-refractivity contribution in [2.45, 2.75) is 30.6 Å². The van der Waals surface area contributed by atoms with Crippen LogP contribution in [0.2, 0.25) is 0 Å². The number of aliphatic carboxylic acids is 1. The summed E-state index contributed by atoms with van der Waals surface area (Å²) in [5.74, 6) is -0.996. The van der Waals surface area contributed by atoms with Gasteiger partial charge >= 0.3 is 5.97 Å². The third-order valence-corrected chi connectivity index (χ3v) is 4.42. The van der Waals surface area contributed by atoms with Crippen LogP contribution in [0.5, 0.6) is 0 Å². The summed E-state index contributed by atoms with van der Waals surface area (Å²) in [7, 11) is 0. The van der Waals surface area contributed by atoms with Gasteiger partial charge in [0.1, 0.15) is 11.6 Å². The van der Waals surface area contributed by atoms with Crippen molar-refractivity contribution in [2.24, 2.45) is 5.92 Å². The number of carboxylic acids is 1. The van der Waals surface area contributed by atoms with Crippen LogP contribution in [-0.4, -0.2) is 38.3 Å². The largest absolute Gasteiger partial charge is 0.480 e. The number of carbonyl (C=O) groups excluding carboxylic acids is 1. The van der Waals surface area contributed by atoms with E-state index in [0.717, 1.165) is 18.6 Å². The zero-order chi connectivity index (χ0) is 14.3. The highest BCUT2D eigenvalue weighted by Gasteiger charge is 2.37. The Labute approximate surface area is 118 Å². The molecule has 1 aromatic rings. The molecule has 2 aliphatic rings. The predicted octanol–water partition coefficient (Wildman–Crippen LogP) is -0.0580. The summed E-state index contributed by atoms with van der Waals surface area (Å²) in [6.45, 7) is 0.526. The maximum absolute atomic E-state index is 12.1. The summed E-state index contributed by atoms with van der Waals surface area (Å²) >= 11 is 1.46. The lowest BCUT2D eigenvalue weighted by Crippen LogP contribution is -2.44. The maximum Gasteiger partial charge on any atom is 0.326 e. The van der Waals surface area contributed by atoms with Crippen molar-refractivity contribution in [3.8, 4) is 0 Å². The van der Waals surface area contributed by atoms with E-state index in [1.54, 1.807) is 0 Å². The molecular formula is C12H13N3O4S. The van der Waals surface area contributed by atoms with E-state index in [2.05, 4.69) is 10.3 Å². The van der Waals surface area contributed by atoms with Crippen molar-refractivity contribution in [1.82, 2.24) is 14.9 Å². The van der Waals surface area contributed by atoms with Gasteiger partial charge in [-0.15, -0.1) is 0 Å². The first-order valence-corrected chi connectivity index (χ1v) is 7.33. The quantitative estimate of drug-likeness (QED) is 0.755. The van der Waals surface area contributed by atoms with E-state index in [-0.39, 0.29) is 11.5 Å². The second-order valence-corrected chi connectivity index (χ2v) is 5.95. The monoisotopic (exact) mass is 295 g/mol. The van der Waals surface area contributed by atoms with Gasteiger partial charge in [0.05, 0.1) is 0 Å². The zero-order valence-electron chi connectivity index (χ0n) is 10.5. The number of rotatable bonds is 4. The highest BCUT2D eigenvalue weighted by Crippen LogP contribution is 2.32. The molecule has 106 valence electrons. The SMILES string of the molecule is O=C(NC(C(=O)O)C1CC1)c1cnc2n(c1=O)CCS2. The van der Waals surface area contributed by atoms with Crippen molar-refractivity contribution in [3.05, 3.63) is 22.1 Å². The van der Waals surface area contributed by atoms with E-state index in [1.807, 2.05) is 0 Å². The Bertz CT molecular complexity index is 638. The standard InChI is InChI=1S/C12H13N3O4S/c16-9(14-8(11(18)19)6-1-2-6)7-5-13-12-15(10(7)17)3-4-20-12/h5-6,8H,1-4H2,(H,14,16)(H,18,19). The van der Waals surface area contributed by atoms with Gasteiger partial charge in [-0.05, 0) is 18.8 Å². The van der Waals surface area contributed by atoms with Gasteiger partial charge in [-0.25, -0.2) is 9.78 Å². The Morgan fingerprint density at radius 3 is 2.90 bits per heavy atom. The van der Waals surface area contributed by atoms with Crippen molar-refractivity contribution in [1.29, 1.82) is 0 Å². The molecule has 0 saturated heterocycles. The van der Waals surface area contributed by atoms with Crippen molar-refractivity contribution < 1.29 is 14.7 Å². The molecule has 0 radical (unpaired) electrons. The van der Waals surface area contributed by atoms with Gasteiger partial charge in [0.15, 0.2) is 5.16 Å². The normalized spacial score (nSPS) is 18.4. The van der Waals surface area contributed by atoms with E-state index in [0.29, 0.717) is 11.7 Å². The number of hydrogen-bond acceptors (Lipinski definition) is 5. The Morgan fingerprint density at radius 1 is 1.50 bits per heavy atom. The van der Waals surface area contributed by atoms with Gasteiger partial charge in [0.25, 0.3) is 11.5 Å². The van der Waals surface area contributed by atoms with Gasteiger partial charge in [0, 0.05) is 18.5 Å². The van der Waals surface area contributed by atoms with Crippen molar-refractivity contribution in [3.63, 3.8) is 0 Å². The number of nitrogens with zero attached hydrogens (tertiary/aromatic N) is 2. The first-order chi connectivity index (χ1) is 9.58. The molecule has 20 heavy (non-hydrogen) atoms. The zero-order valence-corrected chi connectivity index (χ0v) is 11.4. The summed E-state index contributed by atoms with van der Waals surface area (Å²) in [5.41, 5.74) is -0.499. The summed E-state index contributed by atoms with van der Waals surface area (Å²) in [6.07, 6.45) is 2.80. The smallest absolute Gasteiger partial charge is 0.326 e. The van der Waals surface area contributed by atoms with Gasteiger partial charge in [-0.3, -0.25) is 14.2 Å². The highest BCUT2D eigenvalue weighted by atomic mass is 32.2. The Balaban J connectivity index is 1.84. The van der Waals surface area contributed by atoms with Crippen LogP contribution in [0.25, 0.3) is 0 Å². The minimum atomic E-state index is -1.06. The first-order valence-electron chi connectivity index (χ1n) is 6.34.